The first-order chi connectivity index (χ1) is 9.58. The molecule has 0 saturated carbocycles. The number of hydrogen-bond donors (Lipinski definition) is 1. The summed E-state index contributed by atoms with van der Waals surface area (Å²) in [4.78, 5) is 11.2. The van der Waals surface area contributed by atoms with Crippen molar-refractivity contribution in [2.24, 2.45) is 0 Å². The molecule has 3 aromatic rings. The molecule has 0 saturated heterocycles. The summed E-state index contributed by atoms with van der Waals surface area (Å²) >= 11 is 9.30. The van der Waals surface area contributed by atoms with Crippen molar-refractivity contribution in [1.82, 2.24) is 15.0 Å². The van der Waals surface area contributed by atoms with Gasteiger partial charge < -0.3 is 5.11 Å². The Morgan fingerprint density at radius 3 is 2.80 bits per heavy atom. The molecule has 0 aliphatic rings. The highest BCUT2D eigenvalue weighted by atomic mass is 79.9. The molecule has 100 valence electrons. The molecule has 0 atom stereocenters. The van der Waals surface area contributed by atoms with Crippen LogP contribution in [0.4, 0.5) is 0 Å². The third-order valence-electron chi connectivity index (χ3n) is 2.86. The molecule has 1 heterocycles. The van der Waals surface area contributed by atoms with Crippen LogP contribution in [0, 0.1) is 0 Å². The molecule has 20 heavy (non-hydrogen) atoms. The van der Waals surface area contributed by atoms with Crippen molar-refractivity contribution in [3.63, 3.8) is 0 Å². The van der Waals surface area contributed by atoms with Gasteiger partial charge in [-0.15, -0.1) is 5.10 Å². The van der Waals surface area contributed by atoms with Crippen molar-refractivity contribution in [2.75, 3.05) is 0 Å². The number of hydrogen-bond acceptors (Lipinski definition) is 3. The molecular weight excluding hydrogens is 346 g/mol. The smallest absolute Gasteiger partial charge is 0.338 e. The number of halogens is 2. The molecule has 0 aliphatic heterocycles. The first kappa shape index (κ1) is 13.1. The first-order valence-corrected chi connectivity index (χ1v) is 6.78. The third kappa shape index (κ3) is 2.07. The SMILES string of the molecule is O=C(O)c1cccc2c1nnn2-c1ccc(Cl)c(Br)c1. The van der Waals surface area contributed by atoms with E-state index in [1.165, 1.54) is 6.07 Å². The fourth-order valence-electron chi connectivity index (χ4n) is 1.93. The Morgan fingerprint density at radius 1 is 1.30 bits per heavy atom. The highest BCUT2D eigenvalue weighted by Crippen LogP contribution is 2.26. The standard InChI is InChI=1S/C13H7BrClN3O2/c14-9-6-7(4-5-10(9)15)18-11-3-1-2-8(13(19)20)12(11)16-17-18/h1-6H,(H,19,20). The number of fused-ring (bicyclic) bond motifs is 1. The van der Waals surface area contributed by atoms with Crippen LogP contribution in [0.1, 0.15) is 10.4 Å². The van der Waals surface area contributed by atoms with E-state index in [2.05, 4.69) is 26.2 Å². The zero-order valence-corrected chi connectivity index (χ0v) is 12.3. The molecule has 0 aliphatic carbocycles. The van der Waals surface area contributed by atoms with E-state index >= 15 is 0 Å². The summed E-state index contributed by atoms with van der Waals surface area (Å²) in [7, 11) is 0. The second kappa shape index (κ2) is 4.88. The minimum Gasteiger partial charge on any atom is -0.478 e. The number of benzene rings is 2. The number of aromatic nitrogens is 3. The maximum absolute atomic E-state index is 11.2. The van der Waals surface area contributed by atoms with E-state index in [1.807, 2.05) is 0 Å². The number of carboxylic acid groups (broad SMARTS) is 1. The van der Waals surface area contributed by atoms with Gasteiger partial charge in [-0.1, -0.05) is 22.9 Å². The molecule has 0 unspecified atom stereocenters. The Hall–Kier alpha value is -1.92. The van der Waals surface area contributed by atoms with Crippen molar-refractivity contribution in [3.8, 4) is 5.69 Å². The van der Waals surface area contributed by atoms with Crippen molar-refractivity contribution < 1.29 is 9.90 Å². The number of carboxylic acids is 1. The Bertz CT molecular complexity index is 832. The molecule has 0 fully saturated rings. The summed E-state index contributed by atoms with van der Waals surface area (Å²) < 4.78 is 2.30. The lowest BCUT2D eigenvalue weighted by Gasteiger charge is -2.04. The molecule has 0 bridgehead atoms. The summed E-state index contributed by atoms with van der Waals surface area (Å²) in [5.41, 5.74) is 1.85. The van der Waals surface area contributed by atoms with E-state index in [-0.39, 0.29) is 5.56 Å². The molecule has 2 aromatic carbocycles. The number of rotatable bonds is 2. The van der Waals surface area contributed by atoms with Crippen LogP contribution in [0.5, 0.6) is 0 Å². The van der Waals surface area contributed by atoms with E-state index in [1.54, 1.807) is 35.0 Å². The minimum absolute atomic E-state index is 0.127. The summed E-state index contributed by atoms with van der Waals surface area (Å²) in [6.45, 7) is 0. The fourth-order valence-corrected chi connectivity index (χ4v) is 2.41. The maximum Gasteiger partial charge on any atom is 0.338 e. The summed E-state index contributed by atoms with van der Waals surface area (Å²) in [6, 6.07) is 10.2. The maximum atomic E-state index is 11.2. The Balaban J connectivity index is 2.25. The molecule has 0 spiro atoms. The topological polar surface area (TPSA) is 68.0 Å². The number of nitrogens with zero attached hydrogens (tertiary/aromatic N) is 3. The van der Waals surface area contributed by atoms with Gasteiger partial charge in [-0.2, -0.15) is 0 Å². The van der Waals surface area contributed by atoms with Gasteiger partial charge in [0, 0.05) is 4.47 Å². The van der Waals surface area contributed by atoms with Crippen LogP contribution in [-0.2, 0) is 0 Å². The predicted octanol–water partition coefficient (Wildman–Crippen LogP) is 3.53. The van der Waals surface area contributed by atoms with E-state index in [0.29, 0.717) is 16.1 Å². The molecule has 7 heteroatoms. The lowest BCUT2D eigenvalue weighted by molar-refractivity contribution is 0.0699. The lowest BCUT2D eigenvalue weighted by atomic mass is 10.2. The Morgan fingerprint density at radius 2 is 2.10 bits per heavy atom. The quantitative estimate of drug-likeness (QED) is 0.766. The van der Waals surface area contributed by atoms with Gasteiger partial charge in [0.05, 0.1) is 21.8 Å². The van der Waals surface area contributed by atoms with Crippen LogP contribution in [0.25, 0.3) is 16.7 Å². The van der Waals surface area contributed by atoms with Gasteiger partial charge in [-0.05, 0) is 46.3 Å². The number of aromatic carboxylic acids is 1. The van der Waals surface area contributed by atoms with Crippen molar-refractivity contribution >= 4 is 44.5 Å². The van der Waals surface area contributed by atoms with Gasteiger partial charge in [0.1, 0.15) is 5.52 Å². The molecule has 1 N–H and O–H groups in total. The third-order valence-corrected chi connectivity index (χ3v) is 4.07. The second-order valence-electron chi connectivity index (χ2n) is 4.08. The van der Waals surface area contributed by atoms with Crippen LogP contribution in [0.15, 0.2) is 40.9 Å². The Labute approximate surface area is 126 Å². The Kier molecular flexibility index (Phi) is 3.19. The monoisotopic (exact) mass is 351 g/mol. The lowest BCUT2D eigenvalue weighted by Crippen LogP contribution is -1.98. The van der Waals surface area contributed by atoms with Crippen molar-refractivity contribution in [3.05, 3.63) is 51.5 Å². The van der Waals surface area contributed by atoms with Crippen molar-refractivity contribution in [2.45, 2.75) is 0 Å². The zero-order chi connectivity index (χ0) is 14.3. The van der Waals surface area contributed by atoms with Gasteiger partial charge in [0.2, 0.25) is 0 Å². The van der Waals surface area contributed by atoms with Crippen LogP contribution in [0.3, 0.4) is 0 Å². The first-order valence-electron chi connectivity index (χ1n) is 5.61. The van der Waals surface area contributed by atoms with Gasteiger partial charge in [-0.3, -0.25) is 0 Å². The van der Waals surface area contributed by atoms with Gasteiger partial charge in [-0.25, -0.2) is 9.48 Å². The van der Waals surface area contributed by atoms with Crippen LogP contribution >= 0.6 is 27.5 Å². The fraction of sp³-hybridized carbons (Fsp3) is 0. The average Bonchev–Trinajstić information content (AvgIpc) is 2.85. The highest BCUT2D eigenvalue weighted by molar-refractivity contribution is 9.10. The van der Waals surface area contributed by atoms with E-state index < -0.39 is 5.97 Å². The van der Waals surface area contributed by atoms with Crippen molar-refractivity contribution in [1.29, 1.82) is 0 Å². The molecule has 5 nitrogen and oxygen atoms in total. The van der Waals surface area contributed by atoms with Gasteiger partial charge >= 0.3 is 5.97 Å². The van der Waals surface area contributed by atoms with Crippen LogP contribution in [-0.4, -0.2) is 26.1 Å². The van der Waals surface area contributed by atoms with Crippen LogP contribution in [0.2, 0.25) is 5.02 Å². The van der Waals surface area contributed by atoms with E-state index in [0.717, 1.165) is 10.2 Å². The average molecular weight is 353 g/mol. The molecule has 0 amide bonds. The van der Waals surface area contributed by atoms with Gasteiger partial charge in [0.15, 0.2) is 0 Å². The second-order valence-corrected chi connectivity index (χ2v) is 5.34. The summed E-state index contributed by atoms with van der Waals surface area (Å²) in [5, 5.41) is 17.7. The summed E-state index contributed by atoms with van der Waals surface area (Å²) in [5.74, 6) is -1.03. The highest BCUT2D eigenvalue weighted by Gasteiger charge is 2.14. The number of carbonyl (C=O) groups is 1. The minimum atomic E-state index is -1.03. The predicted molar refractivity (Wildman–Crippen MR) is 78.5 cm³/mol. The molecule has 0 radical (unpaired) electrons. The molecule has 3 rings (SSSR count). The van der Waals surface area contributed by atoms with Crippen LogP contribution < -0.4 is 0 Å². The largest absolute Gasteiger partial charge is 0.478 e. The van der Waals surface area contributed by atoms with E-state index in [9.17, 15) is 4.79 Å². The molecule has 1 aromatic heterocycles. The van der Waals surface area contributed by atoms with E-state index in [4.69, 9.17) is 16.7 Å². The summed E-state index contributed by atoms with van der Waals surface area (Å²) in [6.07, 6.45) is 0. The normalized spacial score (nSPS) is 10.9. The molecular formula is C13H7BrClN3O2. The zero-order valence-electron chi connectivity index (χ0n) is 9.92. The van der Waals surface area contributed by atoms with Gasteiger partial charge in [0.25, 0.3) is 0 Å².